The van der Waals surface area contributed by atoms with E-state index in [9.17, 15) is 4.79 Å². The number of amides is 1. The molecule has 4 rings (SSSR count). The number of hydrogen-bond donors (Lipinski definition) is 0. The molecular weight excluding hydrogens is 336 g/mol. The van der Waals surface area contributed by atoms with Crippen LogP contribution in [0.15, 0.2) is 72.9 Å². The van der Waals surface area contributed by atoms with Crippen molar-refractivity contribution >= 4 is 29.3 Å². The number of nitrogens with zero attached hydrogens (tertiary/aromatic N) is 2. The molecule has 0 fully saturated rings. The van der Waals surface area contributed by atoms with E-state index < -0.39 is 0 Å². The van der Waals surface area contributed by atoms with E-state index in [1.807, 2.05) is 42.5 Å². The molecule has 0 N–H and O–H groups in total. The lowest BCUT2D eigenvalue weighted by Gasteiger charge is -2.17. The molecule has 122 valence electrons. The third kappa shape index (κ3) is 2.99. The summed E-state index contributed by atoms with van der Waals surface area (Å²) in [4.78, 5) is 22.7. The topological polar surface area (TPSA) is 42.4 Å². The molecule has 0 atom stereocenters. The maximum Gasteiger partial charge on any atom is 0.292 e. The van der Waals surface area contributed by atoms with E-state index in [-0.39, 0.29) is 5.91 Å². The SMILES string of the molecule is O=C1c2cc(Cl)ccc2/C(=C/c2ccccc2)N1Oc1ccccn1. The highest BCUT2D eigenvalue weighted by molar-refractivity contribution is 6.31. The Balaban J connectivity index is 1.81. The van der Waals surface area contributed by atoms with Gasteiger partial charge in [0.15, 0.2) is 0 Å². The van der Waals surface area contributed by atoms with Crippen molar-refractivity contribution in [2.75, 3.05) is 0 Å². The van der Waals surface area contributed by atoms with Crippen LogP contribution in [0.25, 0.3) is 11.8 Å². The van der Waals surface area contributed by atoms with Crippen molar-refractivity contribution in [1.82, 2.24) is 10.0 Å². The zero-order chi connectivity index (χ0) is 17.2. The van der Waals surface area contributed by atoms with E-state index in [1.54, 1.807) is 36.5 Å². The van der Waals surface area contributed by atoms with Crippen molar-refractivity contribution in [3.05, 3.63) is 94.6 Å². The third-order valence-electron chi connectivity index (χ3n) is 3.82. The number of carbonyl (C=O) groups excluding carboxylic acids is 1. The quantitative estimate of drug-likeness (QED) is 0.690. The van der Waals surface area contributed by atoms with Crippen molar-refractivity contribution < 1.29 is 9.63 Å². The zero-order valence-corrected chi connectivity index (χ0v) is 13.9. The fourth-order valence-electron chi connectivity index (χ4n) is 2.67. The standard InChI is InChI=1S/C20H13ClN2O2/c21-15-9-10-16-17(13-15)20(24)23(25-19-8-4-5-11-22-19)18(16)12-14-6-2-1-3-7-14/h1-13H/b18-12-. The molecule has 1 aliphatic rings. The van der Waals surface area contributed by atoms with Gasteiger partial charge in [0.25, 0.3) is 5.91 Å². The smallest absolute Gasteiger partial charge is 0.292 e. The van der Waals surface area contributed by atoms with Gasteiger partial charge in [-0.05, 0) is 29.8 Å². The van der Waals surface area contributed by atoms with Gasteiger partial charge >= 0.3 is 0 Å². The number of carbonyl (C=O) groups is 1. The number of hydroxylamine groups is 2. The lowest BCUT2D eigenvalue weighted by atomic mass is 10.1. The van der Waals surface area contributed by atoms with Crippen LogP contribution in [0.4, 0.5) is 0 Å². The summed E-state index contributed by atoms with van der Waals surface area (Å²) in [5.41, 5.74) is 2.89. The molecule has 0 radical (unpaired) electrons. The molecule has 0 unspecified atom stereocenters. The van der Waals surface area contributed by atoms with E-state index >= 15 is 0 Å². The highest BCUT2D eigenvalue weighted by Crippen LogP contribution is 2.36. The summed E-state index contributed by atoms with van der Waals surface area (Å²) in [6.45, 7) is 0. The van der Waals surface area contributed by atoms with Gasteiger partial charge in [-0.25, -0.2) is 4.98 Å². The Bertz CT molecular complexity index is 956. The van der Waals surface area contributed by atoms with Gasteiger partial charge in [0, 0.05) is 22.8 Å². The maximum atomic E-state index is 12.8. The molecule has 0 saturated carbocycles. The Hall–Kier alpha value is -3.11. The summed E-state index contributed by atoms with van der Waals surface area (Å²) in [7, 11) is 0. The Morgan fingerprint density at radius 3 is 2.52 bits per heavy atom. The van der Waals surface area contributed by atoms with Crippen LogP contribution in [-0.4, -0.2) is 16.0 Å². The van der Waals surface area contributed by atoms with Crippen LogP contribution in [0.1, 0.15) is 21.5 Å². The first kappa shape index (κ1) is 15.4. The van der Waals surface area contributed by atoms with Crippen LogP contribution >= 0.6 is 11.6 Å². The van der Waals surface area contributed by atoms with E-state index in [1.165, 1.54) is 5.06 Å². The lowest BCUT2D eigenvalue weighted by Crippen LogP contribution is -2.27. The van der Waals surface area contributed by atoms with Crippen LogP contribution in [0, 0.1) is 0 Å². The minimum atomic E-state index is -0.273. The second kappa shape index (κ2) is 6.42. The largest absolute Gasteiger partial charge is 0.351 e. The molecule has 1 aliphatic heterocycles. The average molecular weight is 349 g/mol. The molecule has 25 heavy (non-hydrogen) atoms. The van der Waals surface area contributed by atoms with E-state index in [0.717, 1.165) is 11.1 Å². The molecule has 1 amide bonds. The fraction of sp³-hybridized carbons (Fsp3) is 0. The monoisotopic (exact) mass is 348 g/mol. The van der Waals surface area contributed by atoms with Gasteiger partial charge < -0.3 is 4.84 Å². The van der Waals surface area contributed by atoms with Crippen LogP contribution in [0.5, 0.6) is 5.88 Å². The minimum Gasteiger partial charge on any atom is -0.351 e. The Kier molecular flexibility index (Phi) is 3.96. The van der Waals surface area contributed by atoms with Crippen molar-refractivity contribution in [1.29, 1.82) is 0 Å². The predicted molar refractivity (Wildman–Crippen MR) is 96.8 cm³/mol. The Labute approximate surface area is 149 Å². The first-order valence-electron chi connectivity index (χ1n) is 7.72. The van der Waals surface area contributed by atoms with Crippen LogP contribution in [-0.2, 0) is 0 Å². The van der Waals surface area contributed by atoms with Crippen LogP contribution in [0.3, 0.4) is 0 Å². The first-order chi connectivity index (χ1) is 12.2. The van der Waals surface area contributed by atoms with Crippen molar-refractivity contribution in [2.24, 2.45) is 0 Å². The molecular formula is C20H13ClN2O2. The number of aromatic nitrogens is 1. The predicted octanol–water partition coefficient (Wildman–Crippen LogP) is 4.68. The molecule has 4 nitrogen and oxygen atoms in total. The van der Waals surface area contributed by atoms with Crippen LogP contribution in [0.2, 0.25) is 5.02 Å². The molecule has 5 heteroatoms. The van der Waals surface area contributed by atoms with Gasteiger partial charge in [0.2, 0.25) is 5.88 Å². The van der Waals surface area contributed by atoms with Gasteiger partial charge in [0.1, 0.15) is 0 Å². The van der Waals surface area contributed by atoms with Gasteiger partial charge in [-0.15, -0.1) is 5.06 Å². The highest BCUT2D eigenvalue weighted by atomic mass is 35.5. The number of benzene rings is 2. The maximum absolute atomic E-state index is 12.8. The number of rotatable bonds is 3. The summed E-state index contributed by atoms with van der Waals surface area (Å²) in [5, 5.41) is 1.77. The number of halogens is 1. The number of hydrogen-bond acceptors (Lipinski definition) is 3. The van der Waals surface area contributed by atoms with Crippen LogP contribution < -0.4 is 4.84 Å². The molecule has 0 bridgehead atoms. The molecule has 3 aromatic rings. The lowest BCUT2D eigenvalue weighted by molar-refractivity contribution is 0.0107. The van der Waals surface area contributed by atoms with Gasteiger partial charge in [0.05, 0.1) is 11.3 Å². The number of fused-ring (bicyclic) bond motifs is 1. The third-order valence-corrected chi connectivity index (χ3v) is 4.05. The summed E-state index contributed by atoms with van der Waals surface area (Å²) in [6, 6.07) is 20.3. The molecule has 1 aromatic heterocycles. The second-order valence-corrected chi connectivity index (χ2v) is 5.93. The van der Waals surface area contributed by atoms with Crippen molar-refractivity contribution in [3.8, 4) is 5.88 Å². The summed E-state index contributed by atoms with van der Waals surface area (Å²) < 4.78 is 0. The van der Waals surface area contributed by atoms with Crippen molar-refractivity contribution in [3.63, 3.8) is 0 Å². The number of pyridine rings is 1. The van der Waals surface area contributed by atoms with E-state index in [2.05, 4.69) is 4.98 Å². The summed E-state index contributed by atoms with van der Waals surface area (Å²) in [6.07, 6.45) is 3.51. The summed E-state index contributed by atoms with van der Waals surface area (Å²) >= 11 is 6.06. The molecule has 2 heterocycles. The first-order valence-corrected chi connectivity index (χ1v) is 8.10. The highest BCUT2D eigenvalue weighted by Gasteiger charge is 2.35. The Morgan fingerprint density at radius 1 is 0.960 bits per heavy atom. The molecule has 0 aliphatic carbocycles. The second-order valence-electron chi connectivity index (χ2n) is 5.49. The average Bonchev–Trinajstić information content (AvgIpc) is 2.89. The zero-order valence-electron chi connectivity index (χ0n) is 13.1. The minimum absolute atomic E-state index is 0.273. The Morgan fingerprint density at radius 2 is 1.76 bits per heavy atom. The van der Waals surface area contributed by atoms with E-state index in [0.29, 0.717) is 22.2 Å². The molecule has 0 saturated heterocycles. The van der Waals surface area contributed by atoms with E-state index in [4.69, 9.17) is 16.4 Å². The molecule has 2 aromatic carbocycles. The van der Waals surface area contributed by atoms with Crippen molar-refractivity contribution in [2.45, 2.75) is 0 Å². The van der Waals surface area contributed by atoms with Gasteiger partial charge in [-0.3, -0.25) is 4.79 Å². The normalized spacial score (nSPS) is 14.7. The van der Waals surface area contributed by atoms with Gasteiger partial charge in [-0.1, -0.05) is 54.1 Å². The summed E-state index contributed by atoms with van der Waals surface area (Å²) in [5.74, 6) is 0.0686. The van der Waals surface area contributed by atoms with Gasteiger partial charge in [-0.2, -0.15) is 0 Å². The fourth-order valence-corrected chi connectivity index (χ4v) is 2.85. The molecule has 0 spiro atoms.